The van der Waals surface area contributed by atoms with E-state index in [1.807, 2.05) is 25.3 Å². The molecule has 0 bridgehead atoms. The average Bonchev–Trinajstić information content (AvgIpc) is 3.64. The van der Waals surface area contributed by atoms with Gasteiger partial charge >= 0.3 is 0 Å². The molecule has 0 saturated carbocycles. The number of fused-ring (bicyclic) bond motifs is 1. The zero-order valence-corrected chi connectivity index (χ0v) is 21.0. The molecule has 0 aliphatic heterocycles. The van der Waals surface area contributed by atoms with Crippen LogP contribution in [0.15, 0.2) is 83.7 Å². The number of unbranched alkanes of at least 4 members (excludes halogenated alkanes) is 2. The molecule has 37 heavy (non-hydrogen) atoms. The number of rotatable bonds is 12. The van der Waals surface area contributed by atoms with Gasteiger partial charge in [-0.2, -0.15) is 0 Å². The maximum absolute atomic E-state index is 12.1. The van der Waals surface area contributed by atoms with Crippen molar-refractivity contribution in [2.45, 2.75) is 51.6 Å². The maximum atomic E-state index is 12.1. The fourth-order valence-electron chi connectivity index (χ4n) is 4.51. The lowest BCUT2D eigenvalue weighted by Gasteiger charge is -2.17. The summed E-state index contributed by atoms with van der Waals surface area (Å²) in [5, 5.41) is 4.79. The molecule has 7 nitrogen and oxygen atoms in total. The van der Waals surface area contributed by atoms with Gasteiger partial charge in [0.15, 0.2) is 0 Å². The third-order valence-corrected chi connectivity index (χ3v) is 6.53. The van der Waals surface area contributed by atoms with E-state index in [9.17, 15) is 4.79 Å². The van der Waals surface area contributed by atoms with Crippen LogP contribution in [0.4, 0.5) is 0 Å². The molecule has 5 aromatic rings. The number of pyridine rings is 1. The minimum Gasteiger partial charge on any atom is -0.442 e. The van der Waals surface area contributed by atoms with Crippen LogP contribution in [0.2, 0.25) is 0 Å². The molecule has 2 aromatic carbocycles. The number of nitrogens with one attached hydrogen (secondary N) is 2. The highest BCUT2D eigenvalue weighted by atomic mass is 16.3. The summed E-state index contributed by atoms with van der Waals surface area (Å²) in [5.41, 5.74) is 5.31. The molecule has 7 heteroatoms. The zero-order chi connectivity index (χ0) is 25.5. The monoisotopic (exact) mass is 493 g/mol. The van der Waals surface area contributed by atoms with Crippen LogP contribution >= 0.6 is 0 Å². The van der Waals surface area contributed by atoms with Crippen LogP contribution in [0, 0.1) is 6.92 Å². The summed E-state index contributed by atoms with van der Waals surface area (Å²) in [6.07, 6.45) is 8.93. The molecule has 0 radical (unpaired) electrons. The molecular weight excluding hydrogens is 462 g/mol. The van der Waals surface area contributed by atoms with Crippen molar-refractivity contribution < 1.29 is 9.21 Å². The number of carbonyl (C=O) groups excluding carboxylic acids is 1. The van der Waals surface area contributed by atoms with E-state index in [-0.39, 0.29) is 17.7 Å². The van der Waals surface area contributed by atoms with E-state index in [0.29, 0.717) is 6.42 Å². The van der Waals surface area contributed by atoms with Crippen LogP contribution < -0.4 is 5.32 Å². The first-order chi connectivity index (χ1) is 18.2. The summed E-state index contributed by atoms with van der Waals surface area (Å²) in [7, 11) is 0. The zero-order valence-electron chi connectivity index (χ0n) is 21.0. The van der Waals surface area contributed by atoms with Gasteiger partial charge in [0, 0.05) is 29.6 Å². The molecule has 2 N–H and O–H groups in total. The molecule has 3 heterocycles. The molecule has 0 aliphatic rings. The number of nitrogens with zero attached hydrogens (tertiary/aromatic N) is 3. The van der Waals surface area contributed by atoms with Crippen molar-refractivity contribution in [3.63, 3.8) is 0 Å². The molecule has 0 unspecified atom stereocenters. The fraction of sp³-hybridized carbons (Fsp3) is 0.267. The van der Waals surface area contributed by atoms with E-state index in [4.69, 9.17) is 9.40 Å². The maximum Gasteiger partial charge on any atom is 0.263 e. The first-order valence-corrected chi connectivity index (χ1v) is 12.8. The Morgan fingerprint density at radius 1 is 1.03 bits per heavy atom. The van der Waals surface area contributed by atoms with Crippen LogP contribution in [0.1, 0.15) is 65.9 Å². The Bertz CT molecular complexity index is 1440. The molecular formula is C30H31N5O2. The van der Waals surface area contributed by atoms with Crippen molar-refractivity contribution in [1.82, 2.24) is 25.3 Å². The lowest BCUT2D eigenvalue weighted by molar-refractivity contribution is 0.0945. The minimum atomic E-state index is -0.0415. The van der Waals surface area contributed by atoms with E-state index in [1.165, 1.54) is 18.0 Å². The second-order valence-corrected chi connectivity index (χ2v) is 9.32. The van der Waals surface area contributed by atoms with Gasteiger partial charge in [0.1, 0.15) is 12.1 Å². The molecule has 188 valence electrons. The van der Waals surface area contributed by atoms with Gasteiger partial charge in [-0.25, -0.2) is 9.97 Å². The van der Waals surface area contributed by atoms with Gasteiger partial charge in [-0.05, 0) is 43.5 Å². The number of carbonyl (C=O) groups is 1. The van der Waals surface area contributed by atoms with Crippen LogP contribution in [0.25, 0.3) is 22.2 Å². The number of H-pyrrole nitrogens is 1. The predicted molar refractivity (Wildman–Crippen MR) is 144 cm³/mol. The van der Waals surface area contributed by atoms with Gasteiger partial charge in [0.25, 0.3) is 5.89 Å². The Hall–Kier alpha value is -4.10. The summed E-state index contributed by atoms with van der Waals surface area (Å²) in [6, 6.07) is 20.9. The summed E-state index contributed by atoms with van der Waals surface area (Å²) in [4.78, 5) is 29.0. The third-order valence-electron chi connectivity index (χ3n) is 6.53. The smallest absolute Gasteiger partial charge is 0.263 e. The van der Waals surface area contributed by atoms with Gasteiger partial charge in [-0.1, -0.05) is 55.3 Å². The number of benzene rings is 2. The molecule has 0 amide bonds. The van der Waals surface area contributed by atoms with Crippen molar-refractivity contribution in [3.8, 4) is 11.3 Å². The standard InChI is InChI=1S/C30H31N5O2/c1-21-12-13-23-18-24(14-15-25(23)34-21)27-20-33-29(35-27)26(32-19-22-8-4-2-5-9-22)10-6-3-7-11-28(36)30-31-16-17-37-30/h2,4-5,8-9,12-18,20,26,32H,3,6-7,10-11,19H2,1H3,(H,33,35)/t26-/m0/s1. The number of imidazole rings is 1. The van der Waals surface area contributed by atoms with E-state index in [1.54, 1.807) is 0 Å². The van der Waals surface area contributed by atoms with E-state index < -0.39 is 0 Å². The van der Waals surface area contributed by atoms with Crippen molar-refractivity contribution in [2.75, 3.05) is 0 Å². The number of oxazole rings is 1. The molecule has 0 fully saturated rings. The fourth-order valence-corrected chi connectivity index (χ4v) is 4.51. The number of hydrogen-bond acceptors (Lipinski definition) is 6. The predicted octanol–water partition coefficient (Wildman–Crippen LogP) is 6.59. The van der Waals surface area contributed by atoms with Gasteiger partial charge in [0.2, 0.25) is 5.78 Å². The number of Topliss-reactive ketones (excluding diaryl/α,β-unsaturated/α-hetero) is 1. The number of aromatic nitrogens is 4. The summed E-state index contributed by atoms with van der Waals surface area (Å²) < 4.78 is 5.10. The van der Waals surface area contributed by atoms with Crippen molar-refractivity contribution >= 4 is 16.7 Å². The molecule has 0 spiro atoms. The largest absolute Gasteiger partial charge is 0.442 e. The normalized spacial score (nSPS) is 12.1. The first-order valence-electron chi connectivity index (χ1n) is 12.8. The Morgan fingerprint density at radius 3 is 2.76 bits per heavy atom. The Labute approximate surface area is 216 Å². The van der Waals surface area contributed by atoms with Crippen LogP contribution in [-0.4, -0.2) is 25.7 Å². The summed E-state index contributed by atoms with van der Waals surface area (Å²) in [6.45, 7) is 2.76. The van der Waals surface area contributed by atoms with Crippen LogP contribution in [0.3, 0.4) is 0 Å². The SMILES string of the molecule is Cc1ccc2cc(-c3cnc([C@H](CCCCCC(=O)c4ncco4)NCc4ccccc4)[nH]3)ccc2n1. The Balaban J connectivity index is 1.25. The van der Waals surface area contributed by atoms with Gasteiger partial charge in [-0.15, -0.1) is 0 Å². The molecule has 3 aromatic heterocycles. The quantitative estimate of drug-likeness (QED) is 0.150. The second-order valence-electron chi connectivity index (χ2n) is 9.32. The van der Waals surface area contributed by atoms with Crippen LogP contribution in [0.5, 0.6) is 0 Å². The molecule has 1 atom stereocenters. The van der Waals surface area contributed by atoms with E-state index >= 15 is 0 Å². The van der Waals surface area contributed by atoms with Crippen molar-refractivity contribution in [1.29, 1.82) is 0 Å². The Kier molecular flexibility index (Phi) is 7.81. The number of hydrogen-bond donors (Lipinski definition) is 2. The lowest BCUT2D eigenvalue weighted by atomic mass is 10.0. The minimum absolute atomic E-state index is 0.0415. The second kappa shape index (κ2) is 11.8. The van der Waals surface area contributed by atoms with Gasteiger partial charge in [0.05, 0.1) is 29.6 Å². The Morgan fingerprint density at radius 2 is 1.92 bits per heavy atom. The highest BCUT2D eigenvalue weighted by Gasteiger charge is 2.16. The average molecular weight is 494 g/mol. The topological polar surface area (TPSA) is 96.7 Å². The summed E-state index contributed by atoms with van der Waals surface area (Å²) >= 11 is 0. The first kappa shape index (κ1) is 24.6. The van der Waals surface area contributed by atoms with Gasteiger partial charge in [-0.3, -0.25) is 9.78 Å². The number of aryl methyl sites for hydroxylation is 1. The van der Waals surface area contributed by atoms with Crippen LogP contribution in [-0.2, 0) is 6.54 Å². The van der Waals surface area contributed by atoms with Crippen molar-refractivity contribution in [2.24, 2.45) is 0 Å². The highest BCUT2D eigenvalue weighted by molar-refractivity contribution is 5.91. The molecule has 5 rings (SSSR count). The molecule has 0 saturated heterocycles. The number of aromatic amines is 1. The van der Waals surface area contributed by atoms with E-state index in [0.717, 1.165) is 65.9 Å². The van der Waals surface area contributed by atoms with Gasteiger partial charge < -0.3 is 14.7 Å². The van der Waals surface area contributed by atoms with E-state index in [2.05, 4.69) is 68.8 Å². The molecule has 0 aliphatic carbocycles. The lowest BCUT2D eigenvalue weighted by Crippen LogP contribution is -2.22. The summed E-state index contributed by atoms with van der Waals surface area (Å²) in [5.74, 6) is 1.08. The highest BCUT2D eigenvalue weighted by Crippen LogP contribution is 2.26. The van der Waals surface area contributed by atoms with Crippen molar-refractivity contribution in [3.05, 3.63) is 102 Å². The third kappa shape index (κ3) is 6.37. The number of ketones is 1.